The predicted octanol–water partition coefficient (Wildman–Crippen LogP) is 4.13. The maximum absolute atomic E-state index is 13.7. The van der Waals surface area contributed by atoms with Gasteiger partial charge >= 0.3 is 6.18 Å². The van der Waals surface area contributed by atoms with Crippen molar-refractivity contribution in [3.05, 3.63) is 40.6 Å². The van der Waals surface area contributed by atoms with Gasteiger partial charge in [-0.15, -0.1) is 0 Å². The molecule has 2 fully saturated rings. The molecule has 1 atom stereocenters. The Hall–Kier alpha value is -3.99. The average Bonchev–Trinajstić information content (AvgIpc) is 3.40. The summed E-state index contributed by atoms with van der Waals surface area (Å²) in [5.74, 6) is -0.783. The van der Waals surface area contributed by atoms with E-state index >= 15 is 0 Å². The van der Waals surface area contributed by atoms with E-state index in [1.807, 2.05) is 0 Å². The van der Waals surface area contributed by atoms with Gasteiger partial charge in [0.2, 0.25) is 0 Å². The molecule has 2 aliphatic heterocycles. The number of carbonyl (C=O) groups is 2. The maximum atomic E-state index is 13.7. The third-order valence-corrected chi connectivity index (χ3v) is 7.76. The van der Waals surface area contributed by atoms with Crippen molar-refractivity contribution < 1.29 is 27.5 Å². The van der Waals surface area contributed by atoms with Gasteiger partial charge in [-0.25, -0.2) is 0 Å². The van der Waals surface area contributed by atoms with Crippen LogP contribution in [-0.4, -0.2) is 52.2 Å². The van der Waals surface area contributed by atoms with E-state index in [9.17, 15) is 33.3 Å². The number of hydrogen-bond donors (Lipinski definition) is 1. The lowest BCUT2D eigenvalue weighted by Crippen LogP contribution is -2.44. The number of fused-ring (bicyclic) bond motifs is 3. The van der Waals surface area contributed by atoms with Crippen LogP contribution in [0.15, 0.2) is 18.2 Å². The minimum atomic E-state index is -4.53. The Labute approximate surface area is 217 Å². The predicted molar refractivity (Wildman–Crippen MR) is 129 cm³/mol. The van der Waals surface area contributed by atoms with Crippen LogP contribution in [0.1, 0.15) is 64.6 Å². The van der Waals surface area contributed by atoms with Gasteiger partial charge in [0.25, 0.3) is 11.8 Å². The molecule has 1 aliphatic carbocycles. The molecule has 1 saturated heterocycles. The van der Waals surface area contributed by atoms with Gasteiger partial charge in [-0.3, -0.25) is 9.59 Å². The molecule has 1 aromatic heterocycles. The molecule has 198 valence electrons. The number of nitrogens with one attached hydrogen (secondary N) is 1. The van der Waals surface area contributed by atoms with Gasteiger partial charge in [0.05, 0.1) is 36.9 Å². The molecular weight excluding hydrogens is 499 g/mol. The van der Waals surface area contributed by atoms with E-state index in [1.165, 1.54) is 24.1 Å². The molecule has 2 amide bonds. The molecule has 2 aromatic rings. The first-order valence-corrected chi connectivity index (χ1v) is 12.4. The van der Waals surface area contributed by atoms with Gasteiger partial charge in [0.15, 0.2) is 0 Å². The number of likely N-dealkylation sites (tertiary alicyclic amines) is 1. The highest BCUT2D eigenvalue weighted by molar-refractivity contribution is 6.00. The number of methoxy groups -OCH3 is 1. The van der Waals surface area contributed by atoms with E-state index in [4.69, 9.17) is 4.74 Å². The van der Waals surface area contributed by atoms with Crippen LogP contribution in [0.5, 0.6) is 5.75 Å². The van der Waals surface area contributed by atoms with Gasteiger partial charge in [-0.1, -0.05) is 0 Å². The first-order chi connectivity index (χ1) is 17.9. The van der Waals surface area contributed by atoms with Crippen LogP contribution in [0.4, 0.5) is 13.2 Å². The van der Waals surface area contributed by atoms with Gasteiger partial charge in [-0.05, 0) is 68.4 Å². The van der Waals surface area contributed by atoms with E-state index in [2.05, 4.69) is 17.5 Å². The summed E-state index contributed by atoms with van der Waals surface area (Å²) in [7, 11) is 1.40. The number of aromatic nitrogens is 1. The number of carbonyl (C=O) groups excluding carboxylic acids is 2. The number of ether oxygens (including phenoxy) is 1. The number of alkyl halides is 3. The molecule has 1 aromatic carbocycles. The van der Waals surface area contributed by atoms with Crippen molar-refractivity contribution in [2.45, 2.75) is 69.2 Å². The molecule has 1 saturated carbocycles. The molecule has 0 radical (unpaired) electrons. The Bertz CT molecular complexity index is 1430. The molecule has 8 nitrogen and oxygen atoms in total. The minimum Gasteiger partial charge on any atom is -0.496 e. The zero-order valence-electron chi connectivity index (χ0n) is 21.0. The summed E-state index contributed by atoms with van der Waals surface area (Å²) >= 11 is 0. The Kier molecular flexibility index (Phi) is 5.94. The number of hydrogen-bond acceptors (Lipinski definition) is 5. The third kappa shape index (κ3) is 4.26. The lowest BCUT2D eigenvalue weighted by Gasteiger charge is -2.30. The number of nitrogens with zero attached hydrogens (tertiary/aromatic N) is 4. The fourth-order valence-electron chi connectivity index (χ4n) is 5.53. The standard InChI is InChI=1S/C27H26F3N5O3/c1-25(14-31)5-3-8-35(25)24(37)20-10-17(13-27(28,29)30)22-18-12-19(23(36)33-26(15-32)6-7-26)21(38-2)11-16(18)4-9-34(20)22/h10-12H,3-9,13H2,1-2H3,(H,33,36)/t25-/m1/s1. The quantitative estimate of drug-likeness (QED) is 0.631. The average molecular weight is 526 g/mol. The van der Waals surface area contributed by atoms with E-state index in [0.29, 0.717) is 49.8 Å². The molecule has 0 unspecified atom stereocenters. The largest absolute Gasteiger partial charge is 0.496 e. The van der Waals surface area contributed by atoms with Crippen molar-refractivity contribution in [1.29, 1.82) is 10.5 Å². The fraction of sp³-hybridized carbons (Fsp3) is 0.481. The highest BCUT2D eigenvalue weighted by Crippen LogP contribution is 2.42. The van der Waals surface area contributed by atoms with Gasteiger partial charge < -0.3 is 19.5 Å². The summed E-state index contributed by atoms with van der Waals surface area (Å²) in [6.07, 6.45) is -3.23. The summed E-state index contributed by atoms with van der Waals surface area (Å²) in [5.41, 5.74) is -0.530. The summed E-state index contributed by atoms with van der Waals surface area (Å²) in [4.78, 5) is 28.2. The van der Waals surface area contributed by atoms with E-state index < -0.39 is 35.5 Å². The highest BCUT2D eigenvalue weighted by Gasteiger charge is 2.46. The number of nitriles is 2. The number of rotatable bonds is 5. The zero-order valence-corrected chi connectivity index (χ0v) is 21.0. The van der Waals surface area contributed by atoms with Crippen LogP contribution in [0.2, 0.25) is 0 Å². The number of amides is 2. The first kappa shape index (κ1) is 25.7. The molecule has 11 heteroatoms. The Morgan fingerprint density at radius 2 is 1.87 bits per heavy atom. The van der Waals surface area contributed by atoms with Crippen molar-refractivity contribution in [2.24, 2.45) is 0 Å². The van der Waals surface area contributed by atoms with Crippen molar-refractivity contribution in [1.82, 2.24) is 14.8 Å². The molecule has 0 spiro atoms. The number of halogens is 3. The Balaban J connectivity index is 1.64. The summed E-state index contributed by atoms with van der Waals surface area (Å²) in [5, 5.41) is 21.8. The second-order valence-electron chi connectivity index (χ2n) is 10.4. The molecular formula is C27H26F3N5O3. The minimum absolute atomic E-state index is 0.0770. The highest BCUT2D eigenvalue weighted by atomic mass is 19.4. The topological polar surface area (TPSA) is 111 Å². The third-order valence-electron chi connectivity index (χ3n) is 7.76. The zero-order chi connectivity index (χ0) is 27.5. The van der Waals surface area contributed by atoms with E-state index in [-0.39, 0.29) is 34.8 Å². The SMILES string of the molecule is COc1cc2c(cc1C(=O)NC1(C#N)CC1)-c1c(CC(F)(F)F)cc(C(=O)N3CCC[C@]3(C)C#N)n1CC2. The molecule has 1 N–H and O–H groups in total. The van der Waals surface area contributed by atoms with Crippen molar-refractivity contribution in [2.75, 3.05) is 13.7 Å². The summed E-state index contributed by atoms with van der Waals surface area (Å²) in [6.45, 7) is 2.26. The van der Waals surface area contributed by atoms with Crippen LogP contribution in [0.25, 0.3) is 11.3 Å². The van der Waals surface area contributed by atoms with E-state index in [0.717, 1.165) is 0 Å². The fourth-order valence-corrected chi connectivity index (χ4v) is 5.53. The lowest BCUT2D eigenvalue weighted by atomic mass is 9.92. The molecule has 3 aliphatic rings. The van der Waals surface area contributed by atoms with Crippen molar-refractivity contribution in [3.8, 4) is 29.1 Å². The van der Waals surface area contributed by atoms with Crippen LogP contribution >= 0.6 is 0 Å². The van der Waals surface area contributed by atoms with E-state index in [1.54, 1.807) is 17.6 Å². The van der Waals surface area contributed by atoms with Crippen LogP contribution in [-0.2, 0) is 19.4 Å². The molecule has 3 heterocycles. The Morgan fingerprint density at radius 3 is 2.47 bits per heavy atom. The maximum Gasteiger partial charge on any atom is 0.393 e. The van der Waals surface area contributed by atoms with Gasteiger partial charge in [-0.2, -0.15) is 23.7 Å². The van der Waals surface area contributed by atoms with Crippen molar-refractivity contribution in [3.63, 3.8) is 0 Å². The van der Waals surface area contributed by atoms with Gasteiger partial charge in [0, 0.05) is 18.7 Å². The normalized spacial score (nSPS) is 21.1. The lowest BCUT2D eigenvalue weighted by molar-refractivity contribution is -0.127. The monoisotopic (exact) mass is 525 g/mol. The van der Waals surface area contributed by atoms with Crippen LogP contribution < -0.4 is 10.1 Å². The molecule has 5 rings (SSSR count). The van der Waals surface area contributed by atoms with Gasteiger partial charge in [0.1, 0.15) is 22.5 Å². The Morgan fingerprint density at radius 1 is 1.13 bits per heavy atom. The second-order valence-corrected chi connectivity index (χ2v) is 10.4. The first-order valence-electron chi connectivity index (χ1n) is 12.4. The number of aryl methyl sites for hydroxylation is 1. The summed E-state index contributed by atoms with van der Waals surface area (Å²) < 4.78 is 48.0. The van der Waals surface area contributed by atoms with Crippen LogP contribution in [0.3, 0.4) is 0 Å². The van der Waals surface area contributed by atoms with Crippen molar-refractivity contribution >= 4 is 11.8 Å². The molecule has 0 bridgehead atoms. The second kappa shape index (κ2) is 8.80. The number of benzene rings is 1. The smallest absolute Gasteiger partial charge is 0.393 e. The van der Waals surface area contributed by atoms with Crippen LogP contribution in [0, 0.1) is 22.7 Å². The summed E-state index contributed by atoms with van der Waals surface area (Å²) in [6, 6.07) is 8.67. The molecule has 38 heavy (non-hydrogen) atoms.